The van der Waals surface area contributed by atoms with Crippen molar-refractivity contribution in [2.75, 3.05) is 39.1 Å². The number of nitrogens with one attached hydrogen (secondary N) is 2. The van der Waals surface area contributed by atoms with Gasteiger partial charge in [0.2, 0.25) is 5.91 Å². The Labute approximate surface area is 156 Å². The van der Waals surface area contributed by atoms with Crippen LogP contribution >= 0.6 is 0 Å². The van der Waals surface area contributed by atoms with E-state index < -0.39 is 0 Å². The zero-order chi connectivity index (χ0) is 19.1. The summed E-state index contributed by atoms with van der Waals surface area (Å²) < 4.78 is 5.65. The van der Waals surface area contributed by atoms with Gasteiger partial charge in [-0.2, -0.15) is 0 Å². The van der Waals surface area contributed by atoms with Crippen molar-refractivity contribution in [3.63, 3.8) is 0 Å². The summed E-state index contributed by atoms with van der Waals surface area (Å²) in [6.07, 6.45) is 2.83. The van der Waals surface area contributed by atoms with Gasteiger partial charge >= 0.3 is 0 Å². The first-order valence-corrected chi connectivity index (χ1v) is 9.31. The molecule has 1 fully saturated rings. The van der Waals surface area contributed by atoms with Gasteiger partial charge < -0.3 is 20.3 Å². The van der Waals surface area contributed by atoms with Gasteiger partial charge in [-0.1, -0.05) is 13.0 Å². The van der Waals surface area contributed by atoms with Crippen LogP contribution in [0.1, 0.15) is 31.7 Å². The molecule has 2 N–H and O–H groups in total. The predicted octanol–water partition coefficient (Wildman–Crippen LogP) is 2.43. The molecule has 2 rings (SSSR count). The Morgan fingerprint density at radius 2 is 2.15 bits per heavy atom. The fraction of sp³-hybridized carbons (Fsp3) is 0.600. The second kappa shape index (κ2) is 9.57. The summed E-state index contributed by atoms with van der Waals surface area (Å²) in [6, 6.07) is 5.59. The number of rotatable bonds is 7. The van der Waals surface area contributed by atoms with Crippen LogP contribution in [0.2, 0.25) is 0 Å². The zero-order valence-corrected chi connectivity index (χ0v) is 16.3. The van der Waals surface area contributed by atoms with Gasteiger partial charge in [0.1, 0.15) is 5.75 Å². The highest BCUT2D eigenvalue weighted by atomic mass is 16.5. The highest BCUT2D eigenvalue weighted by Crippen LogP contribution is 2.27. The van der Waals surface area contributed by atoms with Gasteiger partial charge in [-0.15, -0.1) is 0 Å². The lowest BCUT2D eigenvalue weighted by Crippen LogP contribution is -2.34. The van der Waals surface area contributed by atoms with Crippen LogP contribution in [0, 0.1) is 18.8 Å². The van der Waals surface area contributed by atoms with E-state index in [0.29, 0.717) is 29.7 Å². The SMILES string of the molecule is Cc1ccc(NC(=O)CC(C)C2CCCNC2)c(OCC(=O)N(C)C)c1. The molecule has 2 amide bonds. The second-order valence-corrected chi connectivity index (χ2v) is 7.41. The number of carbonyl (C=O) groups excluding carboxylic acids is 2. The fourth-order valence-corrected chi connectivity index (χ4v) is 3.15. The van der Waals surface area contributed by atoms with Crippen LogP contribution in [0.15, 0.2) is 18.2 Å². The monoisotopic (exact) mass is 361 g/mol. The maximum absolute atomic E-state index is 12.5. The third kappa shape index (κ3) is 6.02. The van der Waals surface area contributed by atoms with Crippen LogP contribution in [-0.2, 0) is 9.59 Å². The number of amides is 2. The molecule has 0 saturated carbocycles. The van der Waals surface area contributed by atoms with Crippen LogP contribution in [0.3, 0.4) is 0 Å². The van der Waals surface area contributed by atoms with Gasteiger partial charge in [-0.05, 0) is 62.4 Å². The molecular formula is C20H31N3O3. The summed E-state index contributed by atoms with van der Waals surface area (Å²) in [5.74, 6) is 1.26. The lowest BCUT2D eigenvalue weighted by atomic mass is 9.85. The highest BCUT2D eigenvalue weighted by molar-refractivity contribution is 5.92. The number of ether oxygens (including phenoxy) is 1. The Balaban J connectivity index is 1.96. The summed E-state index contributed by atoms with van der Waals surface area (Å²) in [5.41, 5.74) is 1.62. The van der Waals surface area contributed by atoms with E-state index in [1.54, 1.807) is 14.1 Å². The Morgan fingerprint density at radius 3 is 2.81 bits per heavy atom. The fourth-order valence-electron chi connectivity index (χ4n) is 3.15. The lowest BCUT2D eigenvalue weighted by molar-refractivity contribution is -0.130. The molecule has 1 heterocycles. The average molecular weight is 361 g/mol. The number of likely N-dealkylation sites (N-methyl/N-ethyl adjacent to an activating group) is 1. The number of nitrogens with zero attached hydrogens (tertiary/aromatic N) is 1. The molecule has 1 aromatic rings. The first-order valence-electron chi connectivity index (χ1n) is 9.31. The van der Waals surface area contributed by atoms with Crippen molar-refractivity contribution < 1.29 is 14.3 Å². The third-order valence-corrected chi connectivity index (χ3v) is 4.91. The molecule has 6 nitrogen and oxygen atoms in total. The molecule has 1 aliphatic heterocycles. The number of hydrogen-bond acceptors (Lipinski definition) is 4. The molecule has 2 atom stereocenters. The quantitative estimate of drug-likeness (QED) is 0.782. The van der Waals surface area contributed by atoms with E-state index in [1.807, 2.05) is 25.1 Å². The Morgan fingerprint density at radius 1 is 1.38 bits per heavy atom. The molecule has 2 unspecified atom stereocenters. The van der Waals surface area contributed by atoms with E-state index in [-0.39, 0.29) is 18.4 Å². The van der Waals surface area contributed by atoms with E-state index in [4.69, 9.17) is 4.74 Å². The van der Waals surface area contributed by atoms with Crippen LogP contribution in [0.4, 0.5) is 5.69 Å². The van der Waals surface area contributed by atoms with E-state index in [1.165, 1.54) is 17.7 Å². The molecule has 1 aliphatic rings. The van der Waals surface area contributed by atoms with Crippen LogP contribution in [-0.4, -0.2) is 50.5 Å². The number of carbonyl (C=O) groups is 2. The molecule has 1 aromatic carbocycles. The Hall–Kier alpha value is -2.08. The summed E-state index contributed by atoms with van der Waals surface area (Å²) in [4.78, 5) is 25.7. The van der Waals surface area contributed by atoms with Crippen LogP contribution in [0.25, 0.3) is 0 Å². The highest BCUT2D eigenvalue weighted by Gasteiger charge is 2.22. The number of piperidine rings is 1. The maximum atomic E-state index is 12.5. The molecule has 0 aliphatic carbocycles. The van der Waals surface area contributed by atoms with Gasteiger partial charge in [-0.3, -0.25) is 9.59 Å². The summed E-state index contributed by atoms with van der Waals surface area (Å²) >= 11 is 0. The average Bonchev–Trinajstić information content (AvgIpc) is 2.62. The van der Waals surface area contributed by atoms with E-state index >= 15 is 0 Å². The molecule has 6 heteroatoms. The number of benzene rings is 1. The van der Waals surface area contributed by atoms with Crippen molar-refractivity contribution >= 4 is 17.5 Å². The minimum Gasteiger partial charge on any atom is -0.482 e. The lowest BCUT2D eigenvalue weighted by Gasteiger charge is -2.28. The molecule has 0 spiro atoms. The Bertz CT molecular complexity index is 625. The number of hydrogen-bond donors (Lipinski definition) is 2. The first kappa shape index (κ1) is 20.2. The standard InChI is InChI=1S/C20H31N3O3/c1-14-7-8-17(18(10-14)26-13-20(25)23(3)4)22-19(24)11-15(2)16-6-5-9-21-12-16/h7-8,10,15-16,21H,5-6,9,11-13H2,1-4H3,(H,22,24). The second-order valence-electron chi connectivity index (χ2n) is 7.41. The molecular weight excluding hydrogens is 330 g/mol. The van der Waals surface area contributed by atoms with Crippen LogP contribution in [0.5, 0.6) is 5.75 Å². The van der Waals surface area contributed by atoms with Crippen molar-refractivity contribution in [3.05, 3.63) is 23.8 Å². The minimum atomic E-state index is -0.123. The van der Waals surface area contributed by atoms with Crippen molar-refractivity contribution in [3.8, 4) is 5.75 Å². The Kier molecular flexibility index (Phi) is 7.45. The summed E-state index contributed by atoms with van der Waals surface area (Å²) in [6.45, 7) is 6.10. The van der Waals surface area contributed by atoms with Crippen molar-refractivity contribution in [1.29, 1.82) is 0 Å². The summed E-state index contributed by atoms with van der Waals surface area (Å²) in [7, 11) is 3.37. The number of aryl methyl sites for hydroxylation is 1. The van der Waals surface area contributed by atoms with E-state index in [2.05, 4.69) is 17.6 Å². The van der Waals surface area contributed by atoms with Crippen molar-refractivity contribution in [1.82, 2.24) is 10.2 Å². The molecule has 0 bridgehead atoms. The van der Waals surface area contributed by atoms with E-state index in [9.17, 15) is 9.59 Å². The molecule has 144 valence electrons. The molecule has 26 heavy (non-hydrogen) atoms. The molecule has 0 aromatic heterocycles. The van der Waals surface area contributed by atoms with Crippen LogP contribution < -0.4 is 15.4 Å². The van der Waals surface area contributed by atoms with Gasteiger partial charge in [0.05, 0.1) is 5.69 Å². The number of anilines is 1. The third-order valence-electron chi connectivity index (χ3n) is 4.91. The maximum Gasteiger partial charge on any atom is 0.259 e. The van der Waals surface area contributed by atoms with Gasteiger partial charge in [0.15, 0.2) is 6.61 Å². The van der Waals surface area contributed by atoms with Gasteiger partial charge in [-0.25, -0.2) is 0 Å². The first-order chi connectivity index (χ1) is 12.4. The predicted molar refractivity (Wildman–Crippen MR) is 103 cm³/mol. The largest absolute Gasteiger partial charge is 0.482 e. The van der Waals surface area contributed by atoms with Gasteiger partial charge in [0, 0.05) is 20.5 Å². The minimum absolute atomic E-state index is 0.0179. The van der Waals surface area contributed by atoms with Gasteiger partial charge in [0.25, 0.3) is 5.91 Å². The summed E-state index contributed by atoms with van der Waals surface area (Å²) in [5, 5.41) is 6.35. The van der Waals surface area contributed by atoms with E-state index in [0.717, 1.165) is 18.7 Å². The topological polar surface area (TPSA) is 70.7 Å². The van der Waals surface area contributed by atoms with Crippen molar-refractivity contribution in [2.24, 2.45) is 11.8 Å². The normalized spacial score (nSPS) is 18.1. The molecule has 0 radical (unpaired) electrons. The molecule has 1 saturated heterocycles. The smallest absolute Gasteiger partial charge is 0.259 e. The van der Waals surface area contributed by atoms with Crippen molar-refractivity contribution in [2.45, 2.75) is 33.1 Å². The zero-order valence-electron chi connectivity index (χ0n) is 16.3.